The molecule has 0 saturated carbocycles. The molecule has 0 atom stereocenters. The molecular weight excluding hydrogens is 265 g/mol. The third-order valence-electron chi connectivity index (χ3n) is 3.11. The van der Waals surface area contributed by atoms with Gasteiger partial charge in [-0.15, -0.1) is 0 Å². The van der Waals surface area contributed by atoms with Gasteiger partial charge in [0.05, 0.1) is 0 Å². The van der Waals surface area contributed by atoms with Crippen molar-refractivity contribution in [1.29, 1.82) is 0 Å². The van der Waals surface area contributed by atoms with Crippen LogP contribution in [0.2, 0.25) is 0 Å². The smallest absolute Gasteiger partial charge is 0.296 e. The number of aryl methyl sites for hydroxylation is 2. The lowest BCUT2D eigenvalue weighted by Crippen LogP contribution is -2.21. The number of benzene rings is 2. The van der Waals surface area contributed by atoms with Gasteiger partial charge in [-0.05, 0) is 13.8 Å². The fraction of sp³-hybridized carbons (Fsp3) is 0.200. The fourth-order valence-electron chi connectivity index (χ4n) is 1.91. The van der Waals surface area contributed by atoms with Crippen molar-refractivity contribution in [2.24, 2.45) is 0 Å². The van der Waals surface area contributed by atoms with E-state index in [1.807, 2.05) is 13.8 Å². The third kappa shape index (κ3) is 2.62. The molecule has 0 spiro atoms. The van der Waals surface area contributed by atoms with E-state index in [2.05, 4.69) is 0 Å². The Balaban J connectivity index is 2.58. The molecule has 2 aromatic carbocycles. The Morgan fingerprint density at radius 3 is 1.37 bits per heavy atom. The van der Waals surface area contributed by atoms with Crippen LogP contribution in [0, 0.1) is 13.8 Å². The van der Waals surface area contributed by atoms with E-state index in [4.69, 9.17) is 0 Å². The number of rotatable bonds is 3. The third-order valence-corrected chi connectivity index (χ3v) is 5.79. The summed E-state index contributed by atoms with van der Waals surface area (Å²) in [6, 6.07) is 12.9. The molecule has 0 amide bonds. The molecule has 19 heavy (non-hydrogen) atoms. The van der Waals surface area contributed by atoms with E-state index in [1.165, 1.54) is 24.3 Å². The Labute approximate surface area is 111 Å². The summed E-state index contributed by atoms with van der Waals surface area (Å²) in [4.78, 5) is 0. The molecule has 0 aliphatic heterocycles. The Morgan fingerprint density at radius 2 is 1.11 bits per heavy atom. The van der Waals surface area contributed by atoms with Crippen LogP contribution >= 0.6 is 7.14 Å². The maximum atomic E-state index is 13.4. The van der Waals surface area contributed by atoms with Gasteiger partial charge in [0.15, 0.2) is 0 Å². The molecule has 0 aliphatic rings. The van der Waals surface area contributed by atoms with Crippen molar-refractivity contribution in [2.75, 3.05) is 0 Å². The van der Waals surface area contributed by atoms with Crippen molar-refractivity contribution < 1.29 is 13.3 Å². The SMILES string of the molecule is Cc1ccc(P(=O)(c2ccc(C)cc2)C(F)F)cc1. The molecule has 2 aromatic rings. The van der Waals surface area contributed by atoms with Crippen LogP contribution in [-0.2, 0) is 4.57 Å². The van der Waals surface area contributed by atoms with Crippen molar-refractivity contribution >= 4 is 17.8 Å². The average Bonchev–Trinajstić information content (AvgIpc) is 2.39. The molecule has 0 unspecified atom stereocenters. The molecular formula is C15H15F2OP. The van der Waals surface area contributed by atoms with Gasteiger partial charge >= 0.3 is 0 Å². The van der Waals surface area contributed by atoms with Crippen molar-refractivity contribution in [2.45, 2.75) is 20.0 Å². The van der Waals surface area contributed by atoms with Crippen LogP contribution in [0.3, 0.4) is 0 Å². The van der Waals surface area contributed by atoms with Gasteiger partial charge in [-0.2, -0.15) is 0 Å². The standard InChI is InChI=1S/C15H15F2OP/c1-11-3-7-13(8-4-11)19(18,15(16)17)14-9-5-12(2)6-10-14/h3-10,15H,1-2H3. The Kier molecular flexibility index (Phi) is 3.86. The monoisotopic (exact) mass is 280 g/mol. The summed E-state index contributed by atoms with van der Waals surface area (Å²) >= 11 is 0. The van der Waals surface area contributed by atoms with E-state index in [0.29, 0.717) is 0 Å². The molecule has 2 rings (SSSR count). The van der Waals surface area contributed by atoms with Crippen molar-refractivity contribution in [3.05, 3.63) is 59.7 Å². The molecule has 0 heterocycles. The highest BCUT2D eigenvalue weighted by Gasteiger charge is 2.37. The van der Waals surface area contributed by atoms with Gasteiger partial charge in [0, 0.05) is 10.6 Å². The Hall–Kier alpha value is -1.47. The van der Waals surface area contributed by atoms with Crippen LogP contribution in [-0.4, -0.2) is 6.17 Å². The first-order chi connectivity index (χ1) is 8.94. The first kappa shape index (κ1) is 14.0. The van der Waals surface area contributed by atoms with Gasteiger partial charge in [0.2, 0.25) is 7.14 Å². The lowest BCUT2D eigenvalue weighted by atomic mass is 10.2. The normalized spacial score (nSPS) is 11.8. The summed E-state index contributed by atoms with van der Waals surface area (Å²) in [6.45, 7) is 3.73. The largest absolute Gasteiger partial charge is 0.308 e. The predicted octanol–water partition coefficient (Wildman–Crippen LogP) is 3.84. The summed E-state index contributed by atoms with van der Waals surface area (Å²) < 4.78 is 39.6. The zero-order valence-electron chi connectivity index (χ0n) is 10.8. The lowest BCUT2D eigenvalue weighted by Gasteiger charge is -2.18. The maximum Gasteiger partial charge on any atom is 0.296 e. The van der Waals surface area contributed by atoms with Gasteiger partial charge in [-0.25, -0.2) is 8.78 Å². The van der Waals surface area contributed by atoms with Crippen molar-refractivity contribution in [3.63, 3.8) is 0 Å². The second-order valence-electron chi connectivity index (χ2n) is 4.61. The Morgan fingerprint density at radius 1 is 0.789 bits per heavy atom. The van der Waals surface area contributed by atoms with Gasteiger partial charge < -0.3 is 4.57 Å². The molecule has 0 saturated heterocycles. The maximum absolute atomic E-state index is 13.4. The van der Waals surface area contributed by atoms with Crippen LogP contribution in [0.1, 0.15) is 11.1 Å². The number of hydrogen-bond acceptors (Lipinski definition) is 1. The summed E-state index contributed by atoms with van der Waals surface area (Å²) in [5.41, 5.74) is 1.90. The van der Waals surface area contributed by atoms with E-state index in [9.17, 15) is 13.3 Å². The average molecular weight is 280 g/mol. The highest BCUT2D eigenvalue weighted by molar-refractivity contribution is 7.79. The van der Waals surface area contributed by atoms with E-state index in [1.54, 1.807) is 24.3 Å². The molecule has 0 radical (unpaired) electrons. The molecule has 0 aromatic heterocycles. The highest BCUT2D eigenvalue weighted by atomic mass is 31.2. The quantitative estimate of drug-likeness (QED) is 0.781. The second kappa shape index (κ2) is 5.26. The summed E-state index contributed by atoms with van der Waals surface area (Å²) in [5, 5.41) is 0.411. The molecule has 4 heteroatoms. The van der Waals surface area contributed by atoms with Crippen molar-refractivity contribution in [1.82, 2.24) is 0 Å². The zero-order chi connectivity index (χ0) is 14.0. The minimum Gasteiger partial charge on any atom is -0.308 e. The minimum atomic E-state index is -3.87. The second-order valence-corrected chi connectivity index (χ2v) is 7.35. The predicted molar refractivity (Wildman–Crippen MR) is 75.2 cm³/mol. The van der Waals surface area contributed by atoms with Gasteiger partial charge in [-0.3, -0.25) is 0 Å². The van der Waals surface area contributed by atoms with E-state index < -0.39 is 13.3 Å². The lowest BCUT2D eigenvalue weighted by molar-refractivity contribution is 0.237. The highest BCUT2D eigenvalue weighted by Crippen LogP contribution is 2.49. The molecule has 0 N–H and O–H groups in total. The van der Waals surface area contributed by atoms with Crippen LogP contribution in [0.5, 0.6) is 0 Å². The zero-order valence-corrected chi connectivity index (χ0v) is 11.7. The first-order valence-corrected chi connectivity index (χ1v) is 7.74. The van der Waals surface area contributed by atoms with Crippen LogP contribution in [0.15, 0.2) is 48.5 Å². The minimum absolute atomic E-state index is 0.206. The number of halogens is 2. The molecule has 100 valence electrons. The van der Waals surface area contributed by atoms with Gasteiger partial charge in [0.25, 0.3) is 6.17 Å². The van der Waals surface area contributed by atoms with Gasteiger partial charge in [-0.1, -0.05) is 59.7 Å². The van der Waals surface area contributed by atoms with E-state index in [0.717, 1.165) is 11.1 Å². The van der Waals surface area contributed by atoms with Crippen LogP contribution in [0.4, 0.5) is 8.78 Å². The molecule has 1 nitrogen and oxygen atoms in total. The summed E-state index contributed by atoms with van der Waals surface area (Å²) in [6.07, 6.45) is -2.89. The van der Waals surface area contributed by atoms with Crippen molar-refractivity contribution in [3.8, 4) is 0 Å². The summed E-state index contributed by atoms with van der Waals surface area (Å²) in [7, 11) is -3.87. The first-order valence-electron chi connectivity index (χ1n) is 5.97. The fourth-order valence-corrected chi connectivity index (χ4v) is 3.84. The number of hydrogen-bond donors (Lipinski definition) is 0. The van der Waals surface area contributed by atoms with Crippen LogP contribution < -0.4 is 10.6 Å². The van der Waals surface area contributed by atoms with E-state index in [-0.39, 0.29) is 10.6 Å². The topological polar surface area (TPSA) is 17.1 Å². The molecule has 0 bridgehead atoms. The molecule has 0 fully saturated rings. The van der Waals surface area contributed by atoms with Crippen LogP contribution in [0.25, 0.3) is 0 Å². The molecule has 0 aliphatic carbocycles. The summed E-state index contributed by atoms with van der Waals surface area (Å²) in [5.74, 6) is 0. The van der Waals surface area contributed by atoms with Gasteiger partial charge in [0.1, 0.15) is 0 Å². The Bertz CT molecular complexity index is 554. The van der Waals surface area contributed by atoms with E-state index >= 15 is 0 Å². The number of alkyl halides is 2.